The van der Waals surface area contributed by atoms with Gasteiger partial charge in [0, 0.05) is 15.9 Å². The van der Waals surface area contributed by atoms with Crippen molar-refractivity contribution in [1.29, 1.82) is 5.26 Å². The summed E-state index contributed by atoms with van der Waals surface area (Å²) >= 11 is 0. The summed E-state index contributed by atoms with van der Waals surface area (Å²) in [6.07, 6.45) is 0. The predicted molar refractivity (Wildman–Crippen MR) is 90.5 cm³/mol. The SMILES string of the molecule is N#Cc1ccc(P(=O)(c2ccccc2)c2ccccc2)cc1. The Morgan fingerprint density at radius 2 is 1.05 bits per heavy atom. The molecule has 0 saturated heterocycles. The van der Waals surface area contributed by atoms with E-state index in [4.69, 9.17) is 5.26 Å². The maximum atomic E-state index is 13.9. The monoisotopic (exact) mass is 303 g/mol. The summed E-state index contributed by atoms with van der Waals surface area (Å²) in [5, 5.41) is 11.3. The number of benzene rings is 3. The molecule has 2 nitrogen and oxygen atoms in total. The molecule has 0 amide bonds. The van der Waals surface area contributed by atoms with E-state index >= 15 is 0 Å². The summed E-state index contributed by atoms with van der Waals surface area (Å²) in [6.45, 7) is 0. The van der Waals surface area contributed by atoms with Crippen molar-refractivity contribution in [3.05, 3.63) is 90.5 Å². The van der Waals surface area contributed by atoms with Crippen LogP contribution in [0, 0.1) is 11.3 Å². The maximum Gasteiger partial charge on any atom is 0.171 e. The molecular weight excluding hydrogens is 289 g/mol. The second-order valence-corrected chi connectivity index (χ2v) is 7.71. The van der Waals surface area contributed by atoms with E-state index in [9.17, 15) is 4.57 Å². The van der Waals surface area contributed by atoms with Crippen molar-refractivity contribution in [2.24, 2.45) is 0 Å². The Kier molecular flexibility index (Phi) is 3.92. The van der Waals surface area contributed by atoms with Gasteiger partial charge in [-0.2, -0.15) is 5.26 Å². The molecule has 0 spiro atoms. The van der Waals surface area contributed by atoms with Crippen LogP contribution in [0.5, 0.6) is 0 Å². The van der Waals surface area contributed by atoms with Crippen LogP contribution in [-0.2, 0) is 4.57 Å². The van der Waals surface area contributed by atoms with Gasteiger partial charge in [-0.25, -0.2) is 0 Å². The maximum absolute atomic E-state index is 13.9. The Hall–Kier alpha value is -2.62. The van der Waals surface area contributed by atoms with Gasteiger partial charge in [0.15, 0.2) is 7.14 Å². The van der Waals surface area contributed by atoms with E-state index in [-0.39, 0.29) is 0 Å². The highest BCUT2D eigenvalue weighted by atomic mass is 31.2. The predicted octanol–water partition coefficient (Wildman–Crippen LogP) is 3.20. The van der Waals surface area contributed by atoms with Crippen LogP contribution in [0.3, 0.4) is 0 Å². The Morgan fingerprint density at radius 3 is 1.45 bits per heavy atom. The van der Waals surface area contributed by atoms with E-state index in [1.54, 1.807) is 24.3 Å². The average molecular weight is 303 g/mol. The highest BCUT2D eigenvalue weighted by Gasteiger charge is 2.29. The molecule has 0 unspecified atom stereocenters. The molecule has 0 heterocycles. The Bertz CT molecular complexity index is 806. The minimum atomic E-state index is -2.92. The molecule has 0 atom stereocenters. The van der Waals surface area contributed by atoms with E-state index in [2.05, 4.69) is 6.07 Å². The fourth-order valence-corrected chi connectivity index (χ4v) is 5.12. The third-order valence-corrected chi connectivity index (χ3v) is 6.68. The van der Waals surface area contributed by atoms with Gasteiger partial charge < -0.3 is 4.57 Å². The van der Waals surface area contributed by atoms with Crippen LogP contribution < -0.4 is 15.9 Å². The van der Waals surface area contributed by atoms with Crippen molar-refractivity contribution in [3.8, 4) is 6.07 Å². The Morgan fingerprint density at radius 1 is 0.636 bits per heavy atom. The summed E-state index contributed by atoms with van der Waals surface area (Å²) in [7, 11) is -2.92. The number of nitriles is 1. The van der Waals surface area contributed by atoms with Gasteiger partial charge in [-0.05, 0) is 24.3 Å². The fourth-order valence-electron chi connectivity index (χ4n) is 2.47. The van der Waals surface area contributed by atoms with Gasteiger partial charge in [0.1, 0.15) is 0 Å². The first kappa shape index (κ1) is 14.3. The van der Waals surface area contributed by atoms with Gasteiger partial charge in [-0.3, -0.25) is 0 Å². The lowest BCUT2D eigenvalue weighted by Gasteiger charge is -2.19. The molecule has 3 heteroatoms. The van der Waals surface area contributed by atoms with E-state index in [1.165, 1.54) is 0 Å². The topological polar surface area (TPSA) is 40.9 Å². The van der Waals surface area contributed by atoms with E-state index in [0.717, 1.165) is 15.9 Å². The number of nitrogens with zero attached hydrogens (tertiary/aromatic N) is 1. The molecule has 3 aromatic rings. The second-order valence-electron chi connectivity index (χ2n) is 4.94. The molecular formula is C19H14NOP. The number of rotatable bonds is 3. The van der Waals surface area contributed by atoms with Crippen molar-refractivity contribution in [3.63, 3.8) is 0 Å². The highest BCUT2D eigenvalue weighted by molar-refractivity contribution is 7.85. The molecule has 0 radical (unpaired) electrons. The third-order valence-electron chi connectivity index (χ3n) is 3.60. The van der Waals surface area contributed by atoms with Crippen LogP contribution in [0.2, 0.25) is 0 Å². The molecule has 0 aromatic heterocycles. The van der Waals surface area contributed by atoms with E-state index in [1.807, 2.05) is 60.7 Å². The fraction of sp³-hybridized carbons (Fsp3) is 0. The zero-order chi connectivity index (χ0) is 15.4. The summed E-state index contributed by atoms with van der Waals surface area (Å²) < 4.78 is 13.9. The molecule has 3 aromatic carbocycles. The lowest BCUT2D eigenvalue weighted by atomic mass is 10.2. The zero-order valence-corrected chi connectivity index (χ0v) is 12.8. The van der Waals surface area contributed by atoms with E-state index < -0.39 is 7.14 Å². The molecule has 0 bridgehead atoms. The van der Waals surface area contributed by atoms with Gasteiger partial charge in [0.25, 0.3) is 0 Å². The van der Waals surface area contributed by atoms with E-state index in [0.29, 0.717) is 5.56 Å². The molecule has 22 heavy (non-hydrogen) atoms. The summed E-state index contributed by atoms with van der Waals surface area (Å²) in [5.74, 6) is 0. The van der Waals surface area contributed by atoms with Crippen LogP contribution in [0.4, 0.5) is 0 Å². The van der Waals surface area contributed by atoms with Crippen molar-refractivity contribution in [2.45, 2.75) is 0 Å². The first-order valence-corrected chi connectivity index (χ1v) is 8.68. The van der Waals surface area contributed by atoms with Gasteiger partial charge >= 0.3 is 0 Å². The lowest BCUT2D eigenvalue weighted by molar-refractivity contribution is 0.592. The van der Waals surface area contributed by atoms with Crippen LogP contribution in [-0.4, -0.2) is 0 Å². The quantitative estimate of drug-likeness (QED) is 0.697. The van der Waals surface area contributed by atoms with Crippen molar-refractivity contribution < 1.29 is 4.57 Å². The van der Waals surface area contributed by atoms with Gasteiger partial charge in [0.05, 0.1) is 11.6 Å². The normalized spacial score (nSPS) is 10.9. The summed E-state index contributed by atoms with van der Waals surface area (Å²) in [6, 6.07) is 28.1. The smallest absolute Gasteiger partial charge is 0.171 e. The molecule has 0 saturated carbocycles. The van der Waals surface area contributed by atoms with Crippen molar-refractivity contribution in [2.75, 3.05) is 0 Å². The summed E-state index contributed by atoms with van der Waals surface area (Å²) in [4.78, 5) is 0. The Labute approximate surface area is 130 Å². The molecule has 3 rings (SSSR count). The first-order chi connectivity index (χ1) is 10.7. The van der Waals surface area contributed by atoms with Gasteiger partial charge in [-0.15, -0.1) is 0 Å². The molecule has 0 aliphatic rings. The zero-order valence-electron chi connectivity index (χ0n) is 11.9. The van der Waals surface area contributed by atoms with Crippen LogP contribution in [0.1, 0.15) is 5.56 Å². The van der Waals surface area contributed by atoms with Crippen LogP contribution >= 0.6 is 7.14 Å². The first-order valence-electron chi connectivity index (χ1n) is 6.97. The summed E-state index contributed by atoms with van der Waals surface area (Å²) in [5.41, 5.74) is 0.566. The highest BCUT2D eigenvalue weighted by Crippen LogP contribution is 2.42. The molecule has 0 fully saturated rings. The van der Waals surface area contributed by atoms with Crippen molar-refractivity contribution >= 4 is 23.1 Å². The van der Waals surface area contributed by atoms with Crippen LogP contribution in [0.15, 0.2) is 84.9 Å². The number of hydrogen-bond acceptors (Lipinski definition) is 2. The van der Waals surface area contributed by atoms with Gasteiger partial charge in [0.2, 0.25) is 0 Å². The molecule has 0 aliphatic carbocycles. The largest absolute Gasteiger partial charge is 0.309 e. The van der Waals surface area contributed by atoms with Crippen molar-refractivity contribution in [1.82, 2.24) is 0 Å². The number of hydrogen-bond donors (Lipinski definition) is 0. The molecule has 106 valence electrons. The van der Waals surface area contributed by atoms with Gasteiger partial charge in [-0.1, -0.05) is 60.7 Å². The van der Waals surface area contributed by atoms with Crippen LogP contribution in [0.25, 0.3) is 0 Å². The second kappa shape index (κ2) is 6.02. The molecule has 0 N–H and O–H groups in total. The minimum Gasteiger partial charge on any atom is -0.309 e. The third kappa shape index (κ3) is 2.48. The molecule has 0 aliphatic heterocycles. The minimum absolute atomic E-state index is 0.566. The lowest BCUT2D eigenvalue weighted by Crippen LogP contribution is -2.24. The Balaban J connectivity index is 2.24. The average Bonchev–Trinajstić information content (AvgIpc) is 2.62. The standard InChI is InChI=1S/C19H14NOP/c20-15-16-11-13-19(14-12-16)22(21,17-7-3-1-4-8-17)18-9-5-2-6-10-18/h1-14H.